The molecule has 2 rings (SSSR count). The maximum atomic E-state index is 11.7. The minimum Gasteiger partial charge on any atom is -0.376 e. The monoisotopic (exact) mass is 252 g/mol. The van der Waals surface area contributed by atoms with E-state index in [4.69, 9.17) is 10.5 Å². The SMILES string of the molecule is NC1CCC(OCCNC(=O)C2CC=CC2)CC1. The topological polar surface area (TPSA) is 64.3 Å². The summed E-state index contributed by atoms with van der Waals surface area (Å²) in [6.07, 6.45) is 10.5. The highest BCUT2D eigenvalue weighted by atomic mass is 16.5. The highest BCUT2D eigenvalue weighted by Gasteiger charge is 2.20. The lowest BCUT2D eigenvalue weighted by Gasteiger charge is -2.26. The van der Waals surface area contributed by atoms with Gasteiger partial charge in [-0.15, -0.1) is 0 Å². The predicted octanol–water partition coefficient (Wildman–Crippen LogP) is 1.36. The second kappa shape index (κ2) is 6.90. The number of amides is 1. The van der Waals surface area contributed by atoms with Gasteiger partial charge in [-0.2, -0.15) is 0 Å². The minimum atomic E-state index is 0.151. The van der Waals surface area contributed by atoms with Gasteiger partial charge in [0.15, 0.2) is 0 Å². The number of carbonyl (C=O) groups is 1. The molecule has 0 bridgehead atoms. The van der Waals surface area contributed by atoms with E-state index in [1.54, 1.807) is 0 Å². The Morgan fingerprint density at radius 1 is 1.22 bits per heavy atom. The summed E-state index contributed by atoms with van der Waals surface area (Å²) in [5.74, 6) is 0.312. The first-order valence-electron chi connectivity index (χ1n) is 7.05. The maximum absolute atomic E-state index is 11.7. The molecule has 2 aliphatic rings. The lowest BCUT2D eigenvalue weighted by Crippen LogP contribution is -2.34. The van der Waals surface area contributed by atoms with E-state index in [0.717, 1.165) is 38.5 Å². The van der Waals surface area contributed by atoms with Crippen molar-refractivity contribution in [2.45, 2.75) is 50.7 Å². The highest BCUT2D eigenvalue weighted by molar-refractivity contribution is 5.79. The molecule has 2 aliphatic carbocycles. The van der Waals surface area contributed by atoms with Crippen molar-refractivity contribution in [3.05, 3.63) is 12.2 Å². The van der Waals surface area contributed by atoms with Crippen LogP contribution < -0.4 is 11.1 Å². The third kappa shape index (κ3) is 4.10. The summed E-state index contributed by atoms with van der Waals surface area (Å²) in [6, 6.07) is 0.361. The number of carbonyl (C=O) groups excluding carboxylic acids is 1. The Bertz CT molecular complexity index is 288. The van der Waals surface area contributed by atoms with Gasteiger partial charge in [-0.05, 0) is 38.5 Å². The summed E-state index contributed by atoms with van der Waals surface area (Å²) in [4.78, 5) is 11.7. The molecule has 102 valence electrons. The zero-order valence-electron chi connectivity index (χ0n) is 10.9. The number of rotatable bonds is 5. The molecule has 0 aromatic rings. The molecular formula is C14H24N2O2. The zero-order valence-corrected chi connectivity index (χ0v) is 10.9. The van der Waals surface area contributed by atoms with Crippen LogP contribution in [0, 0.1) is 5.92 Å². The van der Waals surface area contributed by atoms with Gasteiger partial charge in [-0.1, -0.05) is 12.2 Å². The summed E-state index contributed by atoms with van der Waals surface area (Å²) in [7, 11) is 0. The van der Waals surface area contributed by atoms with Gasteiger partial charge in [0.05, 0.1) is 12.7 Å². The summed E-state index contributed by atoms with van der Waals surface area (Å²) in [6.45, 7) is 1.24. The third-order valence-electron chi connectivity index (χ3n) is 3.85. The zero-order chi connectivity index (χ0) is 12.8. The molecule has 18 heavy (non-hydrogen) atoms. The largest absolute Gasteiger partial charge is 0.376 e. The van der Waals surface area contributed by atoms with Gasteiger partial charge in [0.2, 0.25) is 5.91 Å². The summed E-state index contributed by atoms with van der Waals surface area (Å²) < 4.78 is 5.76. The summed E-state index contributed by atoms with van der Waals surface area (Å²) in [5, 5.41) is 2.94. The van der Waals surface area contributed by atoms with Crippen LogP contribution in [0.1, 0.15) is 38.5 Å². The molecule has 0 spiro atoms. The van der Waals surface area contributed by atoms with Gasteiger partial charge in [0.25, 0.3) is 0 Å². The molecule has 0 heterocycles. The third-order valence-corrected chi connectivity index (χ3v) is 3.85. The van der Waals surface area contributed by atoms with Crippen molar-refractivity contribution >= 4 is 5.91 Å². The normalized spacial score (nSPS) is 28.5. The van der Waals surface area contributed by atoms with Crippen molar-refractivity contribution in [1.29, 1.82) is 0 Å². The van der Waals surface area contributed by atoms with E-state index >= 15 is 0 Å². The van der Waals surface area contributed by atoms with Crippen molar-refractivity contribution in [3.63, 3.8) is 0 Å². The number of nitrogens with one attached hydrogen (secondary N) is 1. The number of nitrogens with two attached hydrogens (primary N) is 1. The Morgan fingerprint density at radius 2 is 1.89 bits per heavy atom. The maximum Gasteiger partial charge on any atom is 0.223 e. The average molecular weight is 252 g/mol. The average Bonchev–Trinajstić information content (AvgIpc) is 2.90. The molecule has 1 fully saturated rings. The number of allylic oxidation sites excluding steroid dienone is 2. The fraction of sp³-hybridized carbons (Fsp3) is 0.786. The Labute approximate surface area is 109 Å². The van der Waals surface area contributed by atoms with Gasteiger partial charge in [-0.3, -0.25) is 4.79 Å². The molecule has 0 unspecified atom stereocenters. The van der Waals surface area contributed by atoms with Gasteiger partial charge in [0, 0.05) is 18.5 Å². The van der Waals surface area contributed by atoms with E-state index in [0.29, 0.717) is 25.3 Å². The van der Waals surface area contributed by atoms with Crippen LogP contribution in [0.3, 0.4) is 0 Å². The van der Waals surface area contributed by atoms with Gasteiger partial charge in [0.1, 0.15) is 0 Å². The van der Waals surface area contributed by atoms with E-state index in [9.17, 15) is 4.79 Å². The lowest BCUT2D eigenvalue weighted by atomic mass is 9.94. The summed E-state index contributed by atoms with van der Waals surface area (Å²) >= 11 is 0. The van der Waals surface area contributed by atoms with Crippen LogP contribution in [0.4, 0.5) is 0 Å². The second-order valence-corrected chi connectivity index (χ2v) is 5.34. The number of ether oxygens (including phenoxy) is 1. The predicted molar refractivity (Wildman–Crippen MR) is 71.1 cm³/mol. The van der Waals surface area contributed by atoms with Crippen LogP contribution >= 0.6 is 0 Å². The molecule has 4 heteroatoms. The summed E-state index contributed by atoms with van der Waals surface area (Å²) in [5.41, 5.74) is 5.84. The molecule has 0 aromatic heterocycles. The van der Waals surface area contributed by atoms with Crippen LogP contribution in [0.15, 0.2) is 12.2 Å². The number of hydrogen-bond donors (Lipinski definition) is 2. The van der Waals surface area contributed by atoms with Crippen LogP contribution in [0.2, 0.25) is 0 Å². The van der Waals surface area contributed by atoms with Crippen molar-refractivity contribution in [2.75, 3.05) is 13.2 Å². The molecule has 3 N–H and O–H groups in total. The Hall–Kier alpha value is -0.870. The lowest BCUT2D eigenvalue weighted by molar-refractivity contribution is -0.125. The fourth-order valence-corrected chi connectivity index (χ4v) is 2.63. The van der Waals surface area contributed by atoms with Crippen molar-refractivity contribution < 1.29 is 9.53 Å². The highest BCUT2D eigenvalue weighted by Crippen LogP contribution is 2.19. The van der Waals surface area contributed by atoms with Crippen molar-refractivity contribution in [1.82, 2.24) is 5.32 Å². The van der Waals surface area contributed by atoms with Gasteiger partial charge < -0.3 is 15.8 Å². The Kier molecular flexibility index (Phi) is 5.20. The van der Waals surface area contributed by atoms with Crippen LogP contribution in [0.25, 0.3) is 0 Å². The first-order chi connectivity index (χ1) is 8.75. The van der Waals surface area contributed by atoms with Gasteiger partial charge >= 0.3 is 0 Å². The Morgan fingerprint density at radius 3 is 2.56 bits per heavy atom. The standard InChI is InChI=1S/C14H24N2O2/c15-12-5-7-13(8-6-12)18-10-9-16-14(17)11-3-1-2-4-11/h1-2,11-13H,3-10,15H2,(H,16,17). The number of hydrogen-bond acceptors (Lipinski definition) is 3. The molecular weight excluding hydrogens is 228 g/mol. The minimum absolute atomic E-state index is 0.151. The molecule has 0 saturated heterocycles. The molecule has 0 atom stereocenters. The second-order valence-electron chi connectivity index (χ2n) is 5.34. The van der Waals surface area contributed by atoms with E-state index in [-0.39, 0.29) is 11.8 Å². The van der Waals surface area contributed by atoms with E-state index in [1.807, 2.05) is 0 Å². The van der Waals surface area contributed by atoms with Crippen molar-refractivity contribution in [3.8, 4) is 0 Å². The smallest absolute Gasteiger partial charge is 0.223 e. The Balaban J connectivity index is 1.52. The molecule has 1 amide bonds. The van der Waals surface area contributed by atoms with Crippen LogP contribution in [-0.4, -0.2) is 31.2 Å². The van der Waals surface area contributed by atoms with E-state index in [2.05, 4.69) is 17.5 Å². The molecule has 0 aromatic carbocycles. The first-order valence-corrected chi connectivity index (χ1v) is 7.05. The quantitative estimate of drug-likeness (QED) is 0.573. The fourth-order valence-electron chi connectivity index (χ4n) is 2.63. The molecule has 0 aliphatic heterocycles. The van der Waals surface area contributed by atoms with Crippen molar-refractivity contribution in [2.24, 2.45) is 11.7 Å². The van der Waals surface area contributed by atoms with Gasteiger partial charge in [-0.25, -0.2) is 0 Å². The molecule has 1 saturated carbocycles. The molecule has 4 nitrogen and oxygen atoms in total. The molecule has 0 radical (unpaired) electrons. The van der Waals surface area contributed by atoms with Crippen LogP contribution in [0.5, 0.6) is 0 Å². The first kappa shape index (κ1) is 13.6. The van der Waals surface area contributed by atoms with Crippen LogP contribution in [-0.2, 0) is 9.53 Å². The van der Waals surface area contributed by atoms with E-state index in [1.165, 1.54) is 0 Å². The van der Waals surface area contributed by atoms with E-state index < -0.39 is 0 Å².